The van der Waals surface area contributed by atoms with E-state index < -0.39 is 5.41 Å². The highest BCUT2D eigenvalue weighted by Gasteiger charge is 2.40. The van der Waals surface area contributed by atoms with Crippen molar-refractivity contribution in [2.75, 3.05) is 39.5 Å². The van der Waals surface area contributed by atoms with Crippen LogP contribution < -0.4 is 11.1 Å². The minimum Gasteiger partial charge on any atom is -0.381 e. The number of carbonyl (C=O) groups is 1. The minimum absolute atomic E-state index is 0. The summed E-state index contributed by atoms with van der Waals surface area (Å²) in [6, 6.07) is 0. The van der Waals surface area contributed by atoms with Gasteiger partial charge in [-0.3, -0.25) is 4.79 Å². The highest BCUT2D eigenvalue weighted by atomic mass is 35.5. The van der Waals surface area contributed by atoms with Crippen LogP contribution in [-0.2, 0) is 14.3 Å². The van der Waals surface area contributed by atoms with Gasteiger partial charge in [0.15, 0.2) is 0 Å². The third kappa shape index (κ3) is 3.81. The monoisotopic (exact) mass is 292 g/mol. The quantitative estimate of drug-likeness (QED) is 0.800. The van der Waals surface area contributed by atoms with Gasteiger partial charge in [-0.25, -0.2) is 0 Å². The van der Waals surface area contributed by atoms with Crippen LogP contribution in [0.4, 0.5) is 0 Å². The molecule has 1 amide bonds. The largest absolute Gasteiger partial charge is 0.381 e. The third-order valence-electron chi connectivity index (χ3n) is 4.30. The number of rotatable bonds is 4. The van der Waals surface area contributed by atoms with E-state index in [1.54, 1.807) is 0 Å². The third-order valence-corrected chi connectivity index (χ3v) is 4.30. The van der Waals surface area contributed by atoms with Crippen LogP contribution in [-0.4, -0.2) is 45.4 Å². The average Bonchev–Trinajstić information content (AvgIpc) is 2.84. The van der Waals surface area contributed by atoms with Gasteiger partial charge in [-0.05, 0) is 19.3 Å². The first kappa shape index (κ1) is 16.7. The Hall–Kier alpha value is -0.360. The maximum absolute atomic E-state index is 12.4. The van der Waals surface area contributed by atoms with Crippen LogP contribution in [0.15, 0.2) is 0 Å². The van der Waals surface area contributed by atoms with Crippen LogP contribution in [0.25, 0.3) is 0 Å². The van der Waals surface area contributed by atoms with Gasteiger partial charge in [0.1, 0.15) is 0 Å². The molecule has 0 aromatic rings. The molecule has 2 saturated heterocycles. The zero-order chi connectivity index (χ0) is 13.1. The molecule has 0 bridgehead atoms. The second-order valence-corrected chi connectivity index (χ2v) is 5.89. The lowest BCUT2D eigenvalue weighted by molar-refractivity contribution is -0.136. The predicted molar refractivity (Wildman–Crippen MR) is 75.3 cm³/mol. The smallest absolute Gasteiger partial charge is 0.227 e. The maximum Gasteiger partial charge on any atom is 0.227 e. The normalized spacial score (nSPS) is 29.6. The van der Waals surface area contributed by atoms with Crippen LogP contribution in [0.2, 0.25) is 0 Å². The molecule has 2 aliphatic heterocycles. The van der Waals surface area contributed by atoms with Gasteiger partial charge in [0.05, 0.1) is 12.0 Å². The lowest BCUT2D eigenvalue weighted by Gasteiger charge is -2.35. The molecule has 0 aliphatic carbocycles. The van der Waals surface area contributed by atoms with Crippen molar-refractivity contribution >= 4 is 18.3 Å². The van der Waals surface area contributed by atoms with Gasteiger partial charge in [0, 0.05) is 38.3 Å². The summed E-state index contributed by atoms with van der Waals surface area (Å²) in [5.41, 5.74) is 5.47. The van der Waals surface area contributed by atoms with Crippen molar-refractivity contribution in [1.29, 1.82) is 0 Å². The average molecular weight is 293 g/mol. The summed E-state index contributed by atoms with van der Waals surface area (Å²) in [7, 11) is 0. The highest BCUT2D eigenvalue weighted by molar-refractivity contribution is 5.85. The van der Waals surface area contributed by atoms with Gasteiger partial charge in [-0.1, -0.05) is 6.92 Å². The molecular weight excluding hydrogens is 268 g/mol. The van der Waals surface area contributed by atoms with E-state index in [2.05, 4.69) is 12.2 Å². The van der Waals surface area contributed by atoms with Crippen LogP contribution in [0.1, 0.15) is 26.2 Å². The molecule has 5 nitrogen and oxygen atoms in total. The Morgan fingerprint density at radius 2 is 1.84 bits per heavy atom. The number of nitrogens with one attached hydrogen (secondary N) is 1. The predicted octanol–water partition coefficient (Wildman–Crippen LogP) is 0.706. The molecule has 112 valence electrons. The summed E-state index contributed by atoms with van der Waals surface area (Å²) in [4.78, 5) is 12.4. The van der Waals surface area contributed by atoms with Crippen molar-refractivity contribution in [3.63, 3.8) is 0 Å². The number of hydrogen-bond acceptors (Lipinski definition) is 4. The Morgan fingerprint density at radius 1 is 1.21 bits per heavy atom. The van der Waals surface area contributed by atoms with E-state index in [4.69, 9.17) is 15.2 Å². The molecule has 0 spiro atoms. The van der Waals surface area contributed by atoms with Crippen molar-refractivity contribution in [2.45, 2.75) is 26.2 Å². The zero-order valence-corrected chi connectivity index (χ0v) is 12.4. The first-order valence-electron chi connectivity index (χ1n) is 6.74. The second kappa shape index (κ2) is 6.88. The molecule has 0 saturated carbocycles. The van der Waals surface area contributed by atoms with Crippen LogP contribution in [0.3, 0.4) is 0 Å². The molecule has 19 heavy (non-hydrogen) atoms. The Labute approximate surface area is 121 Å². The molecule has 1 unspecified atom stereocenters. The molecule has 2 rings (SSSR count). The number of hydrogen-bond donors (Lipinski definition) is 2. The molecule has 0 aromatic heterocycles. The molecule has 1 atom stereocenters. The van der Waals surface area contributed by atoms with Crippen LogP contribution in [0, 0.1) is 10.8 Å². The lowest BCUT2D eigenvalue weighted by Crippen LogP contribution is -2.51. The van der Waals surface area contributed by atoms with Gasteiger partial charge in [0.25, 0.3) is 0 Å². The Morgan fingerprint density at radius 3 is 2.37 bits per heavy atom. The van der Waals surface area contributed by atoms with Gasteiger partial charge >= 0.3 is 0 Å². The lowest BCUT2D eigenvalue weighted by atomic mass is 9.79. The molecule has 2 aliphatic rings. The van der Waals surface area contributed by atoms with Gasteiger partial charge < -0.3 is 20.5 Å². The minimum atomic E-state index is -0.423. The van der Waals surface area contributed by atoms with Crippen molar-refractivity contribution in [3.8, 4) is 0 Å². The Bertz CT molecular complexity index is 300. The standard InChI is InChI=1S/C13H24N2O3.ClH/c1-12(2-5-18-10-12)9-15-11(16)13(8-14)3-6-17-7-4-13;/h2-10,14H2,1H3,(H,15,16);1H. The first-order valence-corrected chi connectivity index (χ1v) is 6.74. The zero-order valence-electron chi connectivity index (χ0n) is 11.6. The van der Waals surface area contributed by atoms with Crippen LogP contribution >= 0.6 is 12.4 Å². The molecular formula is C13H25ClN2O3. The van der Waals surface area contributed by atoms with E-state index in [1.165, 1.54) is 0 Å². The van der Waals surface area contributed by atoms with Gasteiger partial charge in [-0.2, -0.15) is 0 Å². The maximum atomic E-state index is 12.4. The fourth-order valence-electron chi connectivity index (χ4n) is 2.62. The summed E-state index contributed by atoms with van der Waals surface area (Å²) in [6.45, 7) is 6.01. The van der Waals surface area contributed by atoms with Gasteiger partial charge in [0.2, 0.25) is 5.91 Å². The number of nitrogens with two attached hydrogens (primary N) is 1. The fourth-order valence-corrected chi connectivity index (χ4v) is 2.62. The van der Waals surface area contributed by atoms with Gasteiger partial charge in [-0.15, -0.1) is 12.4 Å². The van der Waals surface area contributed by atoms with Crippen molar-refractivity contribution in [1.82, 2.24) is 5.32 Å². The van der Waals surface area contributed by atoms with E-state index in [1.807, 2.05) is 0 Å². The summed E-state index contributed by atoms with van der Waals surface area (Å²) in [6.07, 6.45) is 2.46. The first-order chi connectivity index (χ1) is 8.60. The van der Waals surface area contributed by atoms with E-state index >= 15 is 0 Å². The van der Waals surface area contributed by atoms with Crippen LogP contribution in [0.5, 0.6) is 0 Å². The molecule has 3 N–H and O–H groups in total. The molecule has 0 radical (unpaired) electrons. The van der Waals surface area contributed by atoms with Crippen molar-refractivity contribution in [3.05, 3.63) is 0 Å². The van der Waals surface area contributed by atoms with E-state index in [-0.39, 0.29) is 23.7 Å². The number of halogens is 1. The Kier molecular flexibility index (Phi) is 6.05. The van der Waals surface area contributed by atoms with Crippen molar-refractivity contribution < 1.29 is 14.3 Å². The van der Waals surface area contributed by atoms with Crippen molar-refractivity contribution in [2.24, 2.45) is 16.6 Å². The summed E-state index contributed by atoms with van der Waals surface area (Å²) in [5, 5.41) is 3.07. The molecule has 2 heterocycles. The second-order valence-electron chi connectivity index (χ2n) is 5.89. The summed E-state index contributed by atoms with van der Waals surface area (Å²) in [5.74, 6) is 0.0847. The van der Waals surface area contributed by atoms with E-state index in [9.17, 15) is 4.79 Å². The molecule has 0 aromatic carbocycles. The number of ether oxygens (including phenoxy) is 2. The number of amides is 1. The number of carbonyl (C=O) groups excluding carboxylic acids is 1. The topological polar surface area (TPSA) is 73.6 Å². The van der Waals surface area contributed by atoms with E-state index in [0.29, 0.717) is 26.3 Å². The fraction of sp³-hybridized carbons (Fsp3) is 0.923. The molecule has 6 heteroatoms. The Balaban J connectivity index is 0.00000180. The molecule has 2 fully saturated rings. The SMILES string of the molecule is CC1(CNC(=O)C2(CN)CCOCC2)CCOC1.Cl. The summed E-state index contributed by atoms with van der Waals surface area (Å²) < 4.78 is 10.7. The highest BCUT2D eigenvalue weighted by Crippen LogP contribution is 2.31. The van der Waals surface area contributed by atoms with E-state index in [0.717, 1.165) is 32.5 Å². The summed E-state index contributed by atoms with van der Waals surface area (Å²) >= 11 is 0.